The molecule has 1 heterocycles. The number of hydrogen-bond donors (Lipinski definition) is 1. The van der Waals surface area contributed by atoms with Crippen LogP contribution in [0.1, 0.15) is 34.7 Å². The first-order valence-electron chi connectivity index (χ1n) is 8.94. The van der Waals surface area contributed by atoms with Gasteiger partial charge in [-0.1, -0.05) is 19.1 Å². The first-order chi connectivity index (χ1) is 13.5. The van der Waals surface area contributed by atoms with E-state index in [-0.39, 0.29) is 30.0 Å². The molecule has 0 saturated heterocycles. The van der Waals surface area contributed by atoms with Gasteiger partial charge in [0, 0.05) is 6.54 Å². The molecule has 146 valence electrons. The lowest BCUT2D eigenvalue weighted by Crippen LogP contribution is -2.27. The molecule has 0 aliphatic carbocycles. The zero-order valence-electron chi connectivity index (χ0n) is 15.8. The standard InChI is InChI=1S/C22H22FNO4/c1-15(16-3-5-17(23)6-4-16)13-24-22(25)21-12-11-20(28-21)14-27-19-9-7-18(26-2)8-10-19/h3-12,15H,13-14H2,1-2H3,(H,24,25). The molecule has 1 atom stereocenters. The second-order valence-corrected chi connectivity index (χ2v) is 6.39. The number of halogens is 1. The Hall–Kier alpha value is -3.28. The minimum atomic E-state index is -0.301. The molecule has 1 aromatic heterocycles. The van der Waals surface area contributed by atoms with Crippen LogP contribution in [0.25, 0.3) is 0 Å². The molecule has 2 aromatic carbocycles. The Morgan fingerprint density at radius 3 is 2.39 bits per heavy atom. The van der Waals surface area contributed by atoms with Gasteiger partial charge < -0.3 is 19.2 Å². The minimum absolute atomic E-state index is 0.0531. The van der Waals surface area contributed by atoms with E-state index in [2.05, 4.69) is 5.32 Å². The van der Waals surface area contributed by atoms with E-state index in [0.29, 0.717) is 18.1 Å². The summed E-state index contributed by atoms with van der Waals surface area (Å²) in [6, 6.07) is 16.8. The predicted octanol–water partition coefficient (Wildman–Crippen LogP) is 4.54. The number of ether oxygens (including phenoxy) is 2. The van der Waals surface area contributed by atoms with Gasteiger partial charge in [-0.3, -0.25) is 4.79 Å². The Balaban J connectivity index is 1.49. The highest BCUT2D eigenvalue weighted by Crippen LogP contribution is 2.19. The Bertz CT molecular complexity index is 903. The molecule has 0 aliphatic rings. The van der Waals surface area contributed by atoms with Gasteiger partial charge in [-0.15, -0.1) is 0 Å². The maximum absolute atomic E-state index is 13.0. The summed E-state index contributed by atoms with van der Waals surface area (Å²) in [5.74, 6) is 1.67. The van der Waals surface area contributed by atoms with Crippen molar-refractivity contribution in [2.45, 2.75) is 19.4 Å². The molecule has 6 heteroatoms. The predicted molar refractivity (Wildman–Crippen MR) is 103 cm³/mol. The summed E-state index contributed by atoms with van der Waals surface area (Å²) in [7, 11) is 1.60. The fourth-order valence-corrected chi connectivity index (χ4v) is 2.65. The number of furan rings is 1. The van der Waals surface area contributed by atoms with Crippen LogP contribution in [0.2, 0.25) is 0 Å². The summed E-state index contributed by atoms with van der Waals surface area (Å²) in [5.41, 5.74) is 0.953. The van der Waals surface area contributed by atoms with Gasteiger partial charge >= 0.3 is 0 Å². The van der Waals surface area contributed by atoms with Gasteiger partial charge in [0.25, 0.3) is 5.91 Å². The molecule has 28 heavy (non-hydrogen) atoms. The SMILES string of the molecule is COc1ccc(OCc2ccc(C(=O)NCC(C)c3ccc(F)cc3)o2)cc1. The maximum atomic E-state index is 13.0. The molecule has 0 spiro atoms. The molecule has 0 saturated carbocycles. The van der Waals surface area contributed by atoms with E-state index in [1.165, 1.54) is 12.1 Å². The summed E-state index contributed by atoms with van der Waals surface area (Å²) in [5, 5.41) is 2.83. The van der Waals surface area contributed by atoms with Crippen LogP contribution < -0.4 is 14.8 Å². The van der Waals surface area contributed by atoms with Gasteiger partial charge in [-0.25, -0.2) is 4.39 Å². The normalized spacial score (nSPS) is 11.7. The molecule has 0 aliphatic heterocycles. The Labute approximate surface area is 163 Å². The maximum Gasteiger partial charge on any atom is 0.287 e. The van der Waals surface area contributed by atoms with Crippen molar-refractivity contribution in [3.63, 3.8) is 0 Å². The Morgan fingerprint density at radius 1 is 1.04 bits per heavy atom. The third kappa shape index (κ3) is 5.13. The van der Waals surface area contributed by atoms with E-state index in [4.69, 9.17) is 13.9 Å². The van der Waals surface area contributed by atoms with Crippen LogP contribution in [0.3, 0.4) is 0 Å². The summed E-state index contributed by atoms with van der Waals surface area (Å²) in [6.07, 6.45) is 0. The van der Waals surface area contributed by atoms with Crippen LogP contribution in [-0.4, -0.2) is 19.6 Å². The quantitative estimate of drug-likeness (QED) is 0.620. The average molecular weight is 383 g/mol. The molecule has 3 rings (SSSR count). The largest absolute Gasteiger partial charge is 0.497 e. The second-order valence-electron chi connectivity index (χ2n) is 6.39. The first-order valence-corrected chi connectivity index (χ1v) is 8.94. The number of rotatable bonds is 8. The number of methoxy groups -OCH3 is 1. The van der Waals surface area contributed by atoms with E-state index < -0.39 is 0 Å². The highest BCUT2D eigenvalue weighted by atomic mass is 19.1. The lowest BCUT2D eigenvalue weighted by atomic mass is 10.0. The molecular formula is C22H22FNO4. The van der Waals surface area contributed by atoms with Gasteiger partial charge in [-0.2, -0.15) is 0 Å². The smallest absolute Gasteiger partial charge is 0.287 e. The van der Waals surface area contributed by atoms with E-state index in [9.17, 15) is 9.18 Å². The summed E-state index contributed by atoms with van der Waals surface area (Å²) in [6.45, 7) is 2.60. The van der Waals surface area contributed by atoms with Crippen molar-refractivity contribution >= 4 is 5.91 Å². The number of carbonyl (C=O) groups excluding carboxylic acids is 1. The van der Waals surface area contributed by atoms with E-state index in [1.807, 2.05) is 6.92 Å². The lowest BCUT2D eigenvalue weighted by molar-refractivity contribution is 0.0920. The van der Waals surface area contributed by atoms with Crippen LogP contribution >= 0.6 is 0 Å². The van der Waals surface area contributed by atoms with Crippen molar-refractivity contribution in [2.75, 3.05) is 13.7 Å². The van der Waals surface area contributed by atoms with Crippen molar-refractivity contribution in [1.29, 1.82) is 0 Å². The van der Waals surface area contributed by atoms with Crippen molar-refractivity contribution in [1.82, 2.24) is 5.32 Å². The molecule has 0 bridgehead atoms. The van der Waals surface area contributed by atoms with Crippen molar-refractivity contribution in [3.8, 4) is 11.5 Å². The zero-order valence-corrected chi connectivity index (χ0v) is 15.8. The number of carbonyl (C=O) groups is 1. The average Bonchev–Trinajstić information content (AvgIpc) is 3.20. The number of benzene rings is 2. The molecule has 0 radical (unpaired) electrons. The fourth-order valence-electron chi connectivity index (χ4n) is 2.65. The molecule has 5 nitrogen and oxygen atoms in total. The minimum Gasteiger partial charge on any atom is -0.497 e. The second kappa shape index (κ2) is 9.08. The summed E-state index contributed by atoms with van der Waals surface area (Å²) < 4.78 is 29.3. The summed E-state index contributed by atoms with van der Waals surface area (Å²) in [4.78, 5) is 12.3. The molecule has 1 amide bonds. The highest BCUT2D eigenvalue weighted by molar-refractivity contribution is 5.91. The molecule has 1 N–H and O–H groups in total. The van der Waals surface area contributed by atoms with Gasteiger partial charge in [0.1, 0.15) is 29.7 Å². The third-order valence-electron chi connectivity index (χ3n) is 4.33. The van der Waals surface area contributed by atoms with Gasteiger partial charge in [0.15, 0.2) is 5.76 Å². The van der Waals surface area contributed by atoms with E-state index in [0.717, 1.165) is 11.3 Å². The first kappa shape index (κ1) is 19.5. The fraction of sp³-hybridized carbons (Fsp3) is 0.227. The number of nitrogens with one attached hydrogen (secondary N) is 1. The van der Waals surface area contributed by atoms with Crippen LogP contribution in [0, 0.1) is 5.82 Å². The number of amides is 1. The summed E-state index contributed by atoms with van der Waals surface area (Å²) >= 11 is 0. The van der Waals surface area contributed by atoms with Crippen LogP contribution in [0.5, 0.6) is 11.5 Å². The van der Waals surface area contributed by atoms with E-state index >= 15 is 0 Å². The van der Waals surface area contributed by atoms with Crippen molar-refractivity contribution in [3.05, 3.63) is 83.6 Å². The van der Waals surface area contributed by atoms with Gasteiger partial charge in [0.2, 0.25) is 0 Å². The molecule has 0 fully saturated rings. The number of hydrogen-bond acceptors (Lipinski definition) is 4. The van der Waals surface area contributed by atoms with Crippen LogP contribution in [0.4, 0.5) is 4.39 Å². The van der Waals surface area contributed by atoms with E-state index in [1.54, 1.807) is 55.6 Å². The Kier molecular flexibility index (Phi) is 6.32. The monoisotopic (exact) mass is 383 g/mol. The topological polar surface area (TPSA) is 60.7 Å². The molecule has 3 aromatic rings. The third-order valence-corrected chi connectivity index (χ3v) is 4.33. The van der Waals surface area contributed by atoms with Crippen LogP contribution in [-0.2, 0) is 6.61 Å². The lowest BCUT2D eigenvalue weighted by Gasteiger charge is -2.12. The highest BCUT2D eigenvalue weighted by Gasteiger charge is 2.13. The Morgan fingerprint density at radius 2 is 1.71 bits per heavy atom. The molecule has 1 unspecified atom stereocenters. The zero-order chi connectivity index (χ0) is 19.9. The van der Waals surface area contributed by atoms with Crippen molar-refractivity contribution < 1.29 is 23.1 Å². The van der Waals surface area contributed by atoms with Gasteiger partial charge in [0.05, 0.1) is 7.11 Å². The van der Waals surface area contributed by atoms with Gasteiger partial charge in [-0.05, 0) is 60.0 Å². The van der Waals surface area contributed by atoms with Crippen molar-refractivity contribution in [2.24, 2.45) is 0 Å². The van der Waals surface area contributed by atoms with Crippen LogP contribution in [0.15, 0.2) is 65.1 Å². The molecular weight excluding hydrogens is 361 g/mol.